The molecule has 0 saturated heterocycles. The molecule has 1 aromatic heterocycles. The van der Waals surface area contributed by atoms with E-state index in [0.717, 1.165) is 29.1 Å². The summed E-state index contributed by atoms with van der Waals surface area (Å²) < 4.78 is 7.26. The highest BCUT2D eigenvalue weighted by Crippen LogP contribution is 2.35. The number of nitrogens with zero attached hydrogens (tertiary/aromatic N) is 3. The van der Waals surface area contributed by atoms with Gasteiger partial charge in [-0.1, -0.05) is 18.2 Å². The number of fused-ring (bicyclic) bond motifs is 1. The van der Waals surface area contributed by atoms with E-state index >= 15 is 0 Å². The molecule has 0 atom stereocenters. The molecule has 0 fully saturated rings. The number of aromatic nitrogens is 2. The Morgan fingerprint density at radius 3 is 2.69 bits per heavy atom. The van der Waals surface area contributed by atoms with Crippen molar-refractivity contribution in [3.05, 3.63) is 54.4 Å². The summed E-state index contributed by atoms with van der Waals surface area (Å²) in [6.45, 7) is 1.50. The SMILES string of the molecule is CN1CCOc2cc(-c3cccc(-n4cc(NC(N)=O)c(C(N)=O)n4)c3)ccc21. The van der Waals surface area contributed by atoms with Crippen molar-refractivity contribution in [2.24, 2.45) is 11.5 Å². The first-order chi connectivity index (χ1) is 13.9. The van der Waals surface area contributed by atoms with Crippen molar-refractivity contribution in [1.29, 1.82) is 0 Å². The average Bonchev–Trinajstić information content (AvgIpc) is 3.11. The molecule has 0 unspecified atom stereocenters. The van der Waals surface area contributed by atoms with Crippen molar-refractivity contribution in [3.8, 4) is 22.6 Å². The predicted molar refractivity (Wildman–Crippen MR) is 109 cm³/mol. The molecule has 1 aliphatic rings. The molecular formula is C20H20N6O3. The summed E-state index contributed by atoms with van der Waals surface area (Å²) in [5.41, 5.74) is 14.3. The summed E-state index contributed by atoms with van der Waals surface area (Å²) in [6.07, 6.45) is 1.49. The lowest BCUT2D eigenvalue weighted by molar-refractivity contribution is 0.0996. The molecule has 9 heteroatoms. The smallest absolute Gasteiger partial charge is 0.316 e. The van der Waals surface area contributed by atoms with Gasteiger partial charge in [-0.25, -0.2) is 9.48 Å². The van der Waals surface area contributed by atoms with Gasteiger partial charge in [-0.2, -0.15) is 5.10 Å². The standard InChI is InChI=1S/C20H20N6O3/c1-25-7-8-29-17-10-13(5-6-16(17)25)12-3-2-4-14(9-12)26-11-15(23-20(22)28)18(24-26)19(21)27/h2-6,9-11H,7-8H2,1H3,(H2,21,27)(H3,22,23,28). The highest BCUT2D eigenvalue weighted by Gasteiger charge is 2.18. The number of likely N-dealkylation sites (N-methyl/N-ethyl adjacent to an activating group) is 1. The first-order valence-electron chi connectivity index (χ1n) is 8.97. The van der Waals surface area contributed by atoms with Crippen LogP contribution < -0.4 is 26.4 Å². The van der Waals surface area contributed by atoms with Crippen LogP contribution in [-0.2, 0) is 0 Å². The second-order valence-corrected chi connectivity index (χ2v) is 6.69. The fraction of sp³-hybridized carbons (Fsp3) is 0.150. The Morgan fingerprint density at radius 1 is 1.14 bits per heavy atom. The van der Waals surface area contributed by atoms with E-state index in [1.807, 2.05) is 49.5 Å². The van der Waals surface area contributed by atoms with Crippen LogP contribution in [0.15, 0.2) is 48.7 Å². The fourth-order valence-electron chi connectivity index (χ4n) is 3.28. The third-order valence-corrected chi connectivity index (χ3v) is 4.70. The van der Waals surface area contributed by atoms with Crippen molar-refractivity contribution < 1.29 is 14.3 Å². The minimum Gasteiger partial charge on any atom is -0.490 e. The van der Waals surface area contributed by atoms with Gasteiger partial charge in [-0.15, -0.1) is 0 Å². The maximum atomic E-state index is 11.6. The molecule has 5 N–H and O–H groups in total. The molecule has 9 nitrogen and oxygen atoms in total. The monoisotopic (exact) mass is 392 g/mol. The molecule has 0 bridgehead atoms. The zero-order valence-electron chi connectivity index (χ0n) is 15.8. The second-order valence-electron chi connectivity index (χ2n) is 6.69. The van der Waals surface area contributed by atoms with E-state index in [-0.39, 0.29) is 11.4 Å². The number of carbonyl (C=O) groups excluding carboxylic acids is 2. The molecule has 29 heavy (non-hydrogen) atoms. The number of anilines is 2. The normalized spacial score (nSPS) is 12.8. The number of amides is 3. The minimum atomic E-state index is -0.806. The molecule has 0 saturated carbocycles. The topological polar surface area (TPSA) is 128 Å². The van der Waals surface area contributed by atoms with Crippen molar-refractivity contribution >= 4 is 23.3 Å². The van der Waals surface area contributed by atoms with Crippen LogP contribution in [0.4, 0.5) is 16.2 Å². The highest BCUT2D eigenvalue weighted by atomic mass is 16.5. The number of primary amides is 2. The van der Waals surface area contributed by atoms with E-state index in [0.29, 0.717) is 12.3 Å². The highest BCUT2D eigenvalue weighted by molar-refractivity contribution is 6.00. The van der Waals surface area contributed by atoms with Gasteiger partial charge in [0, 0.05) is 7.05 Å². The molecule has 3 aromatic rings. The van der Waals surface area contributed by atoms with Gasteiger partial charge in [0.25, 0.3) is 5.91 Å². The second kappa shape index (κ2) is 7.19. The molecule has 0 aliphatic carbocycles. The maximum absolute atomic E-state index is 11.6. The lowest BCUT2D eigenvalue weighted by atomic mass is 10.0. The van der Waals surface area contributed by atoms with Gasteiger partial charge in [-0.3, -0.25) is 4.79 Å². The lowest BCUT2D eigenvalue weighted by Gasteiger charge is -2.28. The minimum absolute atomic E-state index is 0.0700. The lowest BCUT2D eigenvalue weighted by Crippen LogP contribution is -2.28. The predicted octanol–water partition coefficient (Wildman–Crippen LogP) is 1.96. The molecule has 2 aromatic carbocycles. The molecule has 4 rings (SSSR count). The Morgan fingerprint density at radius 2 is 1.93 bits per heavy atom. The number of benzene rings is 2. The maximum Gasteiger partial charge on any atom is 0.316 e. The van der Waals surface area contributed by atoms with E-state index in [1.165, 1.54) is 10.9 Å². The Labute approximate surface area is 166 Å². The van der Waals surface area contributed by atoms with Crippen LogP contribution >= 0.6 is 0 Å². The Bertz CT molecular complexity index is 1110. The Balaban J connectivity index is 1.71. The summed E-state index contributed by atoms with van der Waals surface area (Å²) in [5.74, 6) is 0.0734. The van der Waals surface area contributed by atoms with E-state index in [9.17, 15) is 9.59 Å². The molecule has 0 spiro atoms. The summed E-state index contributed by atoms with van der Waals surface area (Å²) in [7, 11) is 2.04. The zero-order chi connectivity index (χ0) is 20.5. The van der Waals surface area contributed by atoms with Crippen LogP contribution in [0.25, 0.3) is 16.8 Å². The van der Waals surface area contributed by atoms with Gasteiger partial charge in [0.05, 0.1) is 29.8 Å². The van der Waals surface area contributed by atoms with Crippen LogP contribution in [0.3, 0.4) is 0 Å². The van der Waals surface area contributed by atoms with Crippen molar-refractivity contribution in [2.45, 2.75) is 0 Å². The molecule has 3 amide bonds. The third-order valence-electron chi connectivity index (χ3n) is 4.70. The number of hydrogen-bond donors (Lipinski definition) is 3. The van der Waals surface area contributed by atoms with Gasteiger partial charge in [0.2, 0.25) is 0 Å². The third kappa shape index (κ3) is 3.57. The van der Waals surface area contributed by atoms with Gasteiger partial charge < -0.3 is 26.4 Å². The average molecular weight is 392 g/mol. The van der Waals surface area contributed by atoms with Crippen LogP contribution in [0.5, 0.6) is 5.75 Å². The summed E-state index contributed by atoms with van der Waals surface area (Å²) in [4.78, 5) is 25.0. The quantitative estimate of drug-likeness (QED) is 0.625. The van der Waals surface area contributed by atoms with Gasteiger partial charge >= 0.3 is 6.03 Å². The molecule has 2 heterocycles. The van der Waals surface area contributed by atoms with Crippen LogP contribution in [0, 0.1) is 0 Å². The Hall–Kier alpha value is -4.01. The number of nitrogens with two attached hydrogens (primary N) is 2. The van der Waals surface area contributed by atoms with E-state index in [4.69, 9.17) is 16.2 Å². The number of urea groups is 1. The van der Waals surface area contributed by atoms with Crippen molar-refractivity contribution in [1.82, 2.24) is 9.78 Å². The van der Waals surface area contributed by atoms with Gasteiger partial charge in [-0.05, 0) is 35.4 Å². The number of hydrogen-bond acceptors (Lipinski definition) is 5. The molecule has 148 valence electrons. The summed E-state index contributed by atoms with van der Waals surface area (Å²) in [6, 6.07) is 12.9. The number of ether oxygens (including phenoxy) is 1. The molecule has 0 radical (unpaired) electrons. The number of carbonyl (C=O) groups is 2. The van der Waals surface area contributed by atoms with E-state index in [1.54, 1.807) is 0 Å². The van der Waals surface area contributed by atoms with E-state index in [2.05, 4.69) is 15.3 Å². The summed E-state index contributed by atoms with van der Waals surface area (Å²) >= 11 is 0. The van der Waals surface area contributed by atoms with Crippen molar-refractivity contribution in [3.63, 3.8) is 0 Å². The van der Waals surface area contributed by atoms with Gasteiger partial charge in [0.1, 0.15) is 12.4 Å². The van der Waals surface area contributed by atoms with Gasteiger partial charge in [0.15, 0.2) is 5.69 Å². The zero-order valence-corrected chi connectivity index (χ0v) is 15.8. The number of rotatable bonds is 4. The summed E-state index contributed by atoms with van der Waals surface area (Å²) in [5, 5.41) is 6.55. The largest absolute Gasteiger partial charge is 0.490 e. The molecular weight excluding hydrogens is 372 g/mol. The van der Waals surface area contributed by atoms with Crippen molar-refractivity contribution in [2.75, 3.05) is 30.4 Å². The molecule has 1 aliphatic heterocycles. The van der Waals surface area contributed by atoms with Crippen LogP contribution in [-0.4, -0.2) is 41.9 Å². The number of nitrogens with one attached hydrogen (secondary N) is 1. The Kier molecular flexibility index (Phi) is 4.55. The van der Waals surface area contributed by atoms with Crippen LogP contribution in [0.1, 0.15) is 10.5 Å². The first kappa shape index (κ1) is 18.4. The first-order valence-corrected chi connectivity index (χ1v) is 8.97. The van der Waals surface area contributed by atoms with E-state index < -0.39 is 11.9 Å². The van der Waals surface area contributed by atoms with Crippen LogP contribution in [0.2, 0.25) is 0 Å². The fourth-order valence-corrected chi connectivity index (χ4v) is 3.28.